The molecule has 45 heavy (non-hydrogen) atoms. The number of nitrogens with one attached hydrogen (secondary N) is 1. The Kier molecular flexibility index (Phi) is 17.3. The minimum absolute atomic E-state index is 0.0262. The van der Waals surface area contributed by atoms with E-state index in [0.29, 0.717) is 12.3 Å². The summed E-state index contributed by atoms with van der Waals surface area (Å²) in [6.07, 6.45) is 5.68. The van der Waals surface area contributed by atoms with Crippen molar-refractivity contribution in [1.29, 1.82) is 0 Å². The first-order chi connectivity index (χ1) is 21.5. The molecular formula is C27H44N5O12P. The largest absolute Gasteiger partial charge is 0.510 e. The molecule has 0 fully saturated rings. The van der Waals surface area contributed by atoms with Crippen molar-refractivity contribution in [3.05, 3.63) is 18.3 Å². The number of imidazole rings is 1. The van der Waals surface area contributed by atoms with E-state index in [0.717, 1.165) is 19.3 Å². The van der Waals surface area contributed by atoms with E-state index < -0.39 is 58.0 Å². The zero-order valence-electron chi connectivity index (χ0n) is 26.4. The van der Waals surface area contributed by atoms with Crippen LogP contribution >= 0.6 is 7.60 Å². The number of hydrogen-bond donors (Lipinski definition) is 1. The Labute approximate surface area is 262 Å². The fourth-order valence-electron chi connectivity index (χ4n) is 3.54. The number of hydroxylamine groups is 1. The Balaban J connectivity index is 1.89. The third-order valence-electron chi connectivity index (χ3n) is 5.62. The van der Waals surface area contributed by atoms with Crippen LogP contribution in [0.4, 0.5) is 9.59 Å². The number of ether oxygens (including phenoxy) is 5. The maximum Gasteiger partial charge on any atom is 0.510 e. The number of rotatable bonds is 22. The molecule has 0 radical (unpaired) electrons. The van der Waals surface area contributed by atoms with Gasteiger partial charge in [0, 0.05) is 6.54 Å². The lowest BCUT2D eigenvalue weighted by Crippen LogP contribution is -2.25. The predicted molar refractivity (Wildman–Crippen MR) is 158 cm³/mol. The van der Waals surface area contributed by atoms with Gasteiger partial charge in [-0.2, -0.15) is 0 Å². The van der Waals surface area contributed by atoms with Gasteiger partial charge in [0.25, 0.3) is 5.91 Å². The monoisotopic (exact) mass is 661 g/mol. The lowest BCUT2D eigenvalue weighted by molar-refractivity contribution is -0.0344. The van der Waals surface area contributed by atoms with Gasteiger partial charge in [0.1, 0.15) is 18.2 Å². The number of aromatic nitrogens is 4. The first-order valence-corrected chi connectivity index (χ1v) is 16.5. The van der Waals surface area contributed by atoms with E-state index in [-0.39, 0.29) is 24.4 Å². The second-order valence-corrected chi connectivity index (χ2v) is 12.1. The molecule has 0 aliphatic carbocycles. The molecule has 0 aliphatic heterocycles. The van der Waals surface area contributed by atoms with Crippen LogP contribution in [-0.4, -0.2) is 83.1 Å². The molecule has 2 rings (SSSR count). The second kappa shape index (κ2) is 20.6. The third kappa shape index (κ3) is 15.0. The van der Waals surface area contributed by atoms with Gasteiger partial charge in [-0.15, -0.1) is 0 Å². The van der Waals surface area contributed by atoms with Crippen LogP contribution < -0.4 is 5.48 Å². The maximum absolute atomic E-state index is 13.2. The molecule has 0 spiro atoms. The molecule has 0 unspecified atom stereocenters. The molecule has 0 saturated heterocycles. The maximum atomic E-state index is 13.2. The summed E-state index contributed by atoms with van der Waals surface area (Å²) in [5, 5.41) is 0. The lowest BCUT2D eigenvalue weighted by atomic mass is 10.1. The molecule has 1 N–H and O–H groups in total. The van der Waals surface area contributed by atoms with Crippen molar-refractivity contribution in [2.24, 2.45) is 0 Å². The Morgan fingerprint density at radius 3 is 2.11 bits per heavy atom. The smallest absolute Gasteiger partial charge is 0.432 e. The lowest BCUT2D eigenvalue weighted by Gasteiger charge is -2.19. The summed E-state index contributed by atoms with van der Waals surface area (Å²) in [5.41, 5.74) is 3.06. The molecule has 0 saturated carbocycles. The van der Waals surface area contributed by atoms with Gasteiger partial charge in [0.15, 0.2) is 11.3 Å². The number of carbonyl (C=O) groups is 3. The molecular weight excluding hydrogens is 617 g/mol. The molecule has 2 aromatic heterocycles. The van der Waals surface area contributed by atoms with Crippen LogP contribution in [0.15, 0.2) is 12.7 Å². The van der Waals surface area contributed by atoms with E-state index in [1.165, 1.54) is 31.9 Å². The Hall–Kier alpha value is -3.37. The van der Waals surface area contributed by atoms with Crippen molar-refractivity contribution in [3.8, 4) is 0 Å². The van der Waals surface area contributed by atoms with Gasteiger partial charge in [-0.1, -0.05) is 39.0 Å². The molecule has 17 nitrogen and oxygen atoms in total. The van der Waals surface area contributed by atoms with Crippen molar-refractivity contribution in [2.75, 3.05) is 33.1 Å². The van der Waals surface area contributed by atoms with Crippen molar-refractivity contribution in [1.82, 2.24) is 25.0 Å². The van der Waals surface area contributed by atoms with E-state index in [2.05, 4.69) is 27.4 Å². The third-order valence-corrected chi connectivity index (χ3v) is 7.12. The zero-order chi connectivity index (χ0) is 33.1. The summed E-state index contributed by atoms with van der Waals surface area (Å²) in [6.45, 7) is 7.62. The first-order valence-electron chi connectivity index (χ1n) is 14.7. The SMILES string of the molecule is CCCCCCCCONC(=O)c1ncnc2c1ncn2CCOCP(=O)(OCOC(=O)OC(C)C)OCOC(=O)OC(C)C. The van der Waals surface area contributed by atoms with Gasteiger partial charge >= 0.3 is 19.9 Å². The molecule has 18 heteroatoms. The Morgan fingerprint density at radius 2 is 1.49 bits per heavy atom. The van der Waals surface area contributed by atoms with Crippen LogP contribution in [0.25, 0.3) is 11.2 Å². The van der Waals surface area contributed by atoms with Crippen LogP contribution in [0.3, 0.4) is 0 Å². The summed E-state index contributed by atoms with van der Waals surface area (Å²) in [6, 6.07) is 0. The van der Waals surface area contributed by atoms with E-state index in [4.69, 9.17) is 37.6 Å². The van der Waals surface area contributed by atoms with Gasteiger partial charge in [0.2, 0.25) is 13.6 Å². The fourth-order valence-corrected chi connectivity index (χ4v) is 4.55. The number of nitrogens with zero attached hydrogens (tertiary/aromatic N) is 4. The van der Waals surface area contributed by atoms with E-state index in [1.54, 1.807) is 32.3 Å². The van der Waals surface area contributed by atoms with Crippen LogP contribution in [0.5, 0.6) is 0 Å². The number of amides is 1. The fraction of sp³-hybridized carbons (Fsp3) is 0.704. The molecule has 0 aromatic carbocycles. The average Bonchev–Trinajstić information content (AvgIpc) is 3.39. The van der Waals surface area contributed by atoms with Crippen LogP contribution in [0.1, 0.15) is 83.6 Å². The second-order valence-electron chi connectivity index (χ2n) is 10.1. The van der Waals surface area contributed by atoms with Gasteiger partial charge in [-0.3, -0.25) is 23.2 Å². The van der Waals surface area contributed by atoms with Gasteiger partial charge < -0.3 is 28.3 Å². The Morgan fingerprint density at radius 1 is 0.867 bits per heavy atom. The van der Waals surface area contributed by atoms with Crippen molar-refractivity contribution >= 4 is 37.0 Å². The summed E-state index contributed by atoms with van der Waals surface area (Å²) in [5.74, 6) is -0.552. The van der Waals surface area contributed by atoms with Gasteiger partial charge in [-0.05, 0) is 34.1 Å². The standard InChI is InChI=1S/C27H44N5O12P/c1-6-7-8-9-10-11-13-40-31-25(33)23-22-24(29-15-28-23)32(16-30-22)12-14-37-19-45(36,41-17-38-26(34)43-20(2)3)42-18-39-27(35)44-21(4)5/h15-16,20-21H,6-14,17-19H2,1-5H3,(H,31,33). The highest BCUT2D eigenvalue weighted by Crippen LogP contribution is 2.48. The molecule has 254 valence electrons. The van der Waals surface area contributed by atoms with Crippen molar-refractivity contribution in [3.63, 3.8) is 0 Å². The van der Waals surface area contributed by atoms with Gasteiger partial charge in [0.05, 0.1) is 31.7 Å². The molecule has 0 atom stereocenters. The molecule has 1 amide bonds. The highest BCUT2D eigenvalue weighted by Gasteiger charge is 2.28. The van der Waals surface area contributed by atoms with Gasteiger partial charge in [-0.25, -0.2) is 30.0 Å². The molecule has 2 aromatic rings. The van der Waals surface area contributed by atoms with Crippen LogP contribution in [-0.2, 0) is 48.7 Å². The number of carbonyl (C=O) groups excluding carboxylic acids is 3. The quantitative estimate of drug-likeness (QED) is 0.0575. The number of unbranched alkanes of at least 4 members (excludes halogenated alkanes) is 5. The topological polar surface area (TPSA) is 198 Å². The van der Waals surface area contributed by atoms with E-state index >= 15 is 0 Å². The first kappa shape index (κ1) is 37.8. The highest BCUT2D eigenvalue weighted by molar-refractivity contribution is 7.53. The summed E-state index contributed by atoms with van der Waals surface area (Å²) in [7, 11) is -4.10. The van der Waals surface area contributed by atoms with E-state index in [1.807, 2.05) is 0 Å². The number of hydrogen-bond acceptors (Lipinski definition) is 15. The molecule has 0 bridgehead atoms. The number of fused-ring (bicyclic) bond motifs is 1. The van der Waals surface area contributed by atoms with Crippen molar-refractivity contribution < 1.29 is 56.5 Å². The normalized spacial score (nSPS) is 11.6. The molecule has 2 heterocycles. The molecule has 0 aliphatic rings. The minimum Gasteiger partial charge on any atom is -0.432 e. The van der Waals surface area contributed by atoms with Crippen LogP contribution in [0.2, 0.25) is 0 Å². The highest BCUT2D eigenvalue weighted by atomic mass is 31.2. The summed E-state index contributed by atoms with van der Waals surface area (Å²) >= 11 is 0. The summed E-state index contributed by atoms with van der Waals surface area (Å²) < 4.78 is 49.6. The Bertz CT molecular complexity index is 1210. The van der Waals surface area contributed by atoms with Crippen molar-refractivity contribution in [2.45, 2.75) is 91.9 Å². The predicted octanol–water partition coefficient (Wildman–Crippen LogP) is 5.09. The summed E-state index contributed by atoms with van der Waals surface area (Å²) in [4.78, 5) is 53.6. The average molecular weight is 662 g/mol. The van der Waals surface area contributed by atoms with Crippen LogP contribution in [0, 0.1) is 0 Å². The van der Waals surface area contributed by atoms with E-state index in [9.17, 15) is 18.9 Å². The zero-order valence-corrected chi connectivity index (χ0v) is 27.3. The minimum atomic E-state index is -4.10.